The van der Waals surface area contributed by atoms with Crippen molar-refractivity contribution in [2.24, 2.45) is 0 Å². The summed E-state index contributed by atoms with van der Waals surface area (Å²) in [5, 5.41) is 1.88. The maximum absolute atomic E-state index is 13.4. The van der Waals surface area contributed by atoms with Gasteiger partial charge in [0.2, 0.25) is 0 Å². The van der Waals surface area contributed by atoms with E-state index in [-0.39, 0.29) is 10.7 Å². The lowest BCUT2D eigenvalue weighted by Gasteiger charge is -2.14. The Labute approximate surface area is 184 Å². The topological polar surface area (TPSA) is 50.6 Å². The van der Waals surface area contributed by atoms with Crippen LogP contribution in [0.15, 0.2) is 72.9 Å². The first kappa shape index (κ1) is 21.6. The molecule has 0 fully saturated rings. The average molecular weight is 461 g/mol. The van der Waals surface area contributed by atoms with Crippen LogP contribution in [0.2, 0.25) is 5.02 Å². The standard InChI is InChI=1S/C23H13ClF4N2O2/c24-14-6-9-19(18(11-14)23(26,27)28)29-22(32)21(31)20-17(13-4-7-15(25)8-5-13)12-16-3-1-2-10-30(16)20/h1-12H,(H,29,32). The van der Waals surface area contributed by atoms with E-state index in [1.165, 1.54) is 34.7 Å². The third-order valence-corrected chi connectivity index (χ3v) is 5.03. The predicted molar refractivity (Wildman–Crippen MR) is 112 cm³/mol. The molecule has 2 heterocycles. The molecular weight excluding hydrogens is 448 g/mol. The number of carbonyl (C=O) groups is 2. The quantitative estimate of drug-likeness (QED) is 0.223. The van der Waals surface area contributed by atoms with Crippen LogP contribution < -0.4 is 5.32 Å². The van der Waals surface area contributed by atoms with Crippen LogP contribution in [-0.2, 0) is 11.0 Å². The molecule has 32 heavy (non-hydrogen) atoms. The fraction of sp³-hybridized carbons (Fsp3) is 0.0435. The van der Waals surface area contributed by atoms with Crippen LogP contribution in [-0.4, -0.2) is 16.1 Å². The van der Waals surface area contributed by atoms with Crippen LogP contribution in [0.25, 0.3) is 16.6 Å². The van der Waals surface area contributed by atoms with Crippen molar-refractivity contribution in [2.75, 3.05) is 5.32 Å². The zero-order valence-electron chi connectivity index (χ0n) is 16.1. The molecule has 4 aromatic rings. The lowest BCUT2D eigenvalue weighted by atomic mass is 10.0. The van der Waals surface area contributed by atoms with Gasteiger partial charge in [-0.3, -0.25) is 9.59 Å². The Morgan fingerprint density at radius 2 is 1.66 bits per heavy atom. The average Bonchev–Trinajstić information content (AvgIpc) is 3.13. The summed E-state index contributed by atoms with van der Waals surface area (Å²) in [6.07, 6.45) is -3.25. The summed E-state index contributed by atoms with van der Waals surface area (Å²) in [4.78, 5) is 25.8. The summed E-state index contributed by atoms with van der Waals surface area (Å²) in [6, 6.07) is 14.8. The SMILES string of the molecule is O=C(Nc1ccc(Cl)cc1C(F)(F)F)C(=O)c1c(-c2ccc(F)cc2)cc2ccccn12. The maximum Gasteiger partial charge on any atom is 0.418 e. The smallest absolute Gasteiger partial charge is 0.318 e. The number of hydrogen-bond donors (Lipinski definition) is 1. The van der Waals surface area contributed by atoms with E-state index in [0.29, 0.717) is 22.7 Å². The van der Waals surface area contributed by atoms with Gasteiger partial charge in [0.1, 0.15) is 11.5 Å². The molecule has 4 nitrogen and oxygen atoms in total. The van der Waals surface area contributed by atoms with Crippen molar-refractivity contribution in [3.8, 4) is 11.1 Å². The molecule has 0 radical (unpaired) electrons. The molecule has 162 valence electrons. The highest BCUT2D eigenvalue weighted by Crippen LogP contribution is 2.37. The Kier molecular flexibility index (Phi) is 5.48. The van der Waals surface area contributed by atoms with Crippen molar-refractivity contribution < 1.29 is 27.2 Å². The number of halogens is 5. The Morgan fingerprint density at radius 1 is 0.938 bits per heavy atom. The van der Waals surface area contributed by atoms with Crippen molar-refractivity contribution in [1.82, 2.24) is 4.40 Å². The first-order valence-corrected chi connectivity index (χ1v) is 9.61. The van der Waals surface area contributed by atoms with E-state index in [9.17, 15) is 27.2 Å². The van der Waals surface area contributed by atoms with Crippen molar-refractivity contribution in [3.63, 3.8) is 0 Å². The van der Waals surface area contributed by atoms with Crippen LogP contribution in [0.3, 0.4) is 0 Å². The summed E-state index contributed by atoms with van der Waals surface area (Å²) in [7, 11) is 0. The second kappa shape index (κ2) is 8.12. The van der Waals surface area contributed by atoms with Crippen LogP contribution in [0.4, 0.5) is 23.2 Å². The molecule has 0 aliphatic carbocycles. The number of alkyl halides is 3. The van der Waals surface area contributed by atoms with Gasteiger partial charge in [0.05, 0.1) is 11.3 Å². The van der Waals surface area contributed by atoms with Gasteiger partial charge in [-0.1, -0.05) is 29.8 Å². The zero-order chi connectivity index (χ0) is 23.0. The Bertz CT molecular complexity index is 1340. The molecule has 0 aliphatic rings. The number of nitrogens with zero attached hydrogens (tertiary/aromatic N) is 1. The number of fused-ring (bicyclic) bond motifs is 1. The number of rotatable bonds is 4. The van der Waals surface area contributed by atoms with Gasteiger partial charge in [0.15, 0.2) is 0 Å². The Balaban J connectivity index is 1.77. The van der Waals surface area contributed by atoms with E-state index in [0.717, 1.165) is 6.07 Å². The molecule has 4 rings (SSSR count). The number of hydrogen-bond acceptors (Lipinski definition) is 2. The predicted octanol–water partition coefficient (Wildman–Crippen LogP) is 6.24. The van der Waals surface area contributed by atoms with Crippen LogP contribution >= 0.6 is 11.6 Å². The van der Waals surface area contributed by atoms with Gasteiger partial charge in [-0.15, -0.1) is 0 Å². The van der Waals surface area contributed by atoms with Crippen LogP contribution in [0.1, 0.15) is 16.1 Å². The number of anilines is 1. The summed E-state index contributed by atoms with van der Waals surface area (Å²) >= 11 is 5.66. The minimum Gasteiger partial charge on any atom is -0.318 e. The van der Waals surface area contributed by atoms with Gasteiger partial charge in [0, 0.05) is 22.3 Å². The van der Waals surface area contributed by atoms with E-state index in [1.807, 2.05) is 5.32 Å². The number of carbonyl (C=O) groups excluding carboxylic acids is 2. The molecule has 1 amide bonds. The number of pyridine rings is 1. The summed E-state index contributed by atoms with van der Waals surface area (Å²) in [5.41, 5.74) is -0.454. The van der Waals surface area contributed by atoms with Crippen LogP contribution in [0, 0.1) is 5.82 Å². The number of Topliss-reactive ketones (excluding diaryl/α,β-unsaturated/α-hetero) is 1. The molecule has 0 bridgehead atoms. The number of amides is 1. The third kappa shape index (κ3) is 4.09. The van der Waals surface area contributed by atoms with Gasteiger partial charge >= 0.3 is 6.18 Å². The number of benzene rings is 2. The normalized spacial score (nSPS) is 11.5. The fourth-order valence-electron chi connectivity index (χ4n) is 3.35. The second-order valence-electron chi connectivity index (χ2n) is 6.88. The molecule has 9 heteroatoms. The minimum absolute atomic E-state index is 0.0627. The molecule has 0 aliphatic heterocycles. The molecule has 0 atom stereocenters. The van der Waals surface area contributed by atoms with Gasteiger partial charge in [-0.25, -0.2) is 4.39 Å². The molecule has 0 saturated heterocycles. The fourth-order valence-corrected chi connectivity index (χ4v) is 3.52. The van der Waals surface area contributed by atoms with E-state index < -0.39 is 34.9 Å². The van der Waals surface area contributed by atoms with Crippen molar-refractivity contribution in [3.05, 3.63) is 95.0 Å². The largest absolute Gasteiger partial charge is 0.418 e. The summed E-state index contributed by atoms with van der Waals surface area (Å²) in [5.74, 6) is -2.80. The summed E-state index contributed by atoms with van der Waals surface area (Å²) < 4.78 is 54.9. The maximum atomic E-state index is 13.4. The molecule has 2 aromatic heterocycles. The van der Waals surface area contributed by atoms with Crippen LogP contribution in [0.5, 0.6) is 0 Å². The van der Waals surface area contributed by atoms with Gasteiger partial charge in [-0.2, -0.15) is 13.2 Å². The third-order valence-electron chi connectivity index (χ3n) is 4.79. The number of ketones is 1. The first-order chi connectivity index (χ1) is 15.1. The van der Waals surface area contributed by atoms with Crippen molar-refractivity contribution >= 4 is 34.5 Å². The molecule has 2 aromatic carbocycles. The highest BCUT2D eigenvalue weighted by molar-refractivity contribution is 6.47. The second-order valence-corrected chi connectivity index (χ2v) is 7.32. The molecule has 0 spiro atoms. The van der Waals surface area contributed by atoms with Crippen molar-refractivity contribution in [1.29, 1.82) is 0 Å². The number of aromatic nitrogens is 1. The van der Waals surface area contributed by atoms with Gasteiger partial charge in [0.25, 0.3) is 11.7 Å². The first-order valence-electron chi connectivity index (χ1n) is 9.23. The summed E-state index contributed by atoms with van der Waals surface area (Å²) in [6.45, 7) is 0. The molecule has 0 saturated carbocycles. The Morgan fingerprint density at radius 3 is 2.34 bits per heavy atom. The van der Waals surface area contributed by atoms with E-state index in [1.54, 1.807) is 30.5 Å². The van der Waals surface area contributed by atoms with E-state index >= 15 is 0 Å². The highest BCUT2D eigenvalue weighted by atomic mass is 35.5. The highest BCUT2D eigenvalue weighted by Gasteiger charge is 2.35. The lowest BCUT2D eigenvalue weighted by Crippen LogP contribution is -2.26. The Hall–Kier alpha value is -3.65. The molecule has 1 N–H and O–H groups in total. The minimum atomic E-state index is -4.79. The van der Waals surface area contributed by atoms with Gasteiger partial charge < -0.3 is 9.72 Å². The zero-order valence-corrected chi connectivity index (χ0v) is 16.8. The van der Waals surface area contributed by atoms with Crippen molar-refractivity contribution in [2.45, 2.75) is 6.18 Å². The molecule has 0 unspecified atom stereocenters. The molecular formula is C23H13ClF4N2O2. The lowest BCUT2D eigenvalue weighted by molar-refractivity contribution is -0.137. The van der Waals surface area contributed by atoms with E-state index in [2.05, 4.69) is 0 Å². The van der Waals surface area contributed by atoms with Gasteiger partial charge in [-0.05, 0) is 54.1 Å². The monoisotopic (exact) mass is 460 g/mol. The van der Waals surface area contributed by atoms with E-state index in [4.69, 9.17) is 11.6 Å². The number of nitrogens with one attached hydrogen (secondary N) is 1.